The molecule has 0 saturated heterocycles. The first-order chi connectivity index (χ1) is 8.66. The van der Waals surface area contributed by atoms with Crippen LogP contribution in [0.1, 0.15) is 78.1 Å². The minimum absolute atomic E-state index is 0.0615. The zero-order valence-electron chi connectivity index (χ0n) is 12.2. The van der Waals surface area contributed by atoms with Crippen molar-refractivity contribution in [2.24, 2.45) is 11.3 Å². The Hall–Kier alpha value is -0.370. The van der Waals surface area contributed by atoms with Crippen LogP contribution in [0, 0.1) is 11.3 Å². The molecule has 0 aromatic heterocycles. The molecule has 2 nitrogen and oxygen atoms in total. The Kier molecular flexibility index (Phi) is 6.91. The van der Waals surface area contributed by atoms with E-state index in [1.165, 1.54) is 38.5 Å². The van der Waals surface area contributed by atoms with E-state index < -0.39 is 0 Å². The number of carbonyl (C=O) groups excluding carboxylic acids is 1. The molecule has 2 atom stereocenters. The van der Waals surface area contributed by atoms with Gasteiger partial charge in [0.1, 0.15) is 5.78 Å². The quantitative estimate of drug-likeness (QED) is 0.629. The lowest BCUT2D eigenvalue weighted by Gasteiger charge is -2.25. The summed E-state index contributed by atoms with van der Waals surface area (Å²) in [6, 6.07) is 0. The van der Waals surface area contributed by atoms with E-state index in [1.807, 2.05) is 6.92 Å². The molecule has 1 rings (SSSR count). The fraction of sp³-hybridized carbons (Fsp3) is 0.938. The van der Waals surface area contributed by atoms with Gasteiger partial charge in [0.05, 0.1) is 12.0 Å². The van der Waals surface area contributed by atoms with Gasteiger partial charge in [-0.15, -0.1) is 0 Å². The number of aliphatic hydroxyl groups is 1. The third-order valence-electron chi connectivity index (χ3n) is 4.59. The molecule has 0 aliphatic heterocycles. The molecule has 0 aromatic carbocycles. The van der Waals surface area contributed by atoms with Gasteiger partial charge in [-0.05, 0) is 19.3 Å². The predicted octanol–water partition coefficient (Wildman–Crippen LogP) is 4.10. The van der Waals surface area contributed by atoms with Crippen molar-refractivity contribution in [1.29, 1.82) is 0 Å². The second-order valence-corrected chi connectivity index (χ2v) is 6.11. The Morgan fingerprint density at radius 1 is 1.17 bits per heavy atom. The largest absolute Gasteiger partial charge is 0.395 e. The first-order valence-corrected chi connectivity index (χ1v) is 7.81. The third kappa shape index (κ3) is 4.08. The van der Waals surface area contributed by atoms with Gasteiger partial charge in [0.15, 0.2) is 0 Å². The Morgan fingerprint density at radius 2 is 1.78 bits per heavy atom. The summed E-state index contributed by atoms with van der Waals surface area (Å²) in [5, 5.41) is 9.56. The Bertz CT molecular complexity index is 249. The van der Waals surface area contributed by atoms with Crippen LogP contribution in [-0.2, 0) is 4.79 Å². The van der Waals surface area contributed by atoms with Gasteiger partial charge in [0, 0.05) is 5.92 Å². The summed E-state index contributed by atoms with van der Waals surface area (Å²) in [5.41, 5.74) is -0.372. The third-order valence-corrected chi connectivity index (χ3v) is 4.59. The van der Waals surface area contributed by atoms with Crippen molar-refractivity contribution in [2.75, 3.05) is 6.61 Å². The first-order valence-electron chi connectivity index (χ1n) is 7.81. The van der Waals surface area contributed by atoms with Crippen LogP contribution in [0.3, 0.4) is 0 Å². The van der Waals surface area contributed by atoms with Gasteiger partial charge >= 0.3 is 0 Å². The summed E-state index contributed by atoms with van der Waals surface area (Å²) < 4.78 is 0. The van der Waals surface area contributed by atoms with Crippen LogP contribution in [0.5, 0.6) is 0 Å². The van der Waals surface area contributed by atoms with E-state index in [0.29, 0.717) is 5.78 Å². The van der Waals surface area contributed by atoms with Gasteiger partial charge in [-0.2, -0.15) is 0 Å². The lowest BCUT2D eigenvalue weighted by atomic mass is 9.80. The van der Waals surface area contributed by atoms with Crippen LogP contribution in [0.2, 0.25) is 0 Å². The number of hydrogen-bond donors (Lipinski definition) is 1. The van der Waals surface area contributed by atoms with Gasteiger partial charge < -0.3 is 5.11 Å². The highest BCUT2D eigenvalue weighted by atomic mass is 16.3. The molecular weight excluding hydrogens is 224 g/mol. The summed E-state index contributed by atoms with van der Waals surface area (Å²) in [6.07, 6.45) is 11.7. The Labute approximate surface area is 112 Å². The van der Waals surface area contributed by atoms with Crippen molar-refractivity contribution in [1.82, 2.24) is 0 Å². The highest BCUT2D eigenvalue weighted by Crippen LogP contribution is 2.41. The number of ketones is 1. The number of hydrogen-bond acceptors (Lipinski definition) is 2. The molecule has 1 fully saturated rings. The molecule has 0 amide bonds. The minimum Gasteiger partial charge on any atom is -0.395 e. The number of Topliss-reactive ketones (excluding diaryl/α,β-unsaturated/α-hetero) is 1. The van der Waals surface area contributed by atoms with Crippen LogP contribution in [-0.4, -0.2) is 17.5 Å². The average Bonchev–Trinajstić information content (AvgIpc) is 2.67. The zero-order valence-corrected chi connectivity index (χ0v) is 12.2. The average molecular weight is 254 g/mol. The molecule has 1 saturated carbocycles. The molecule has 1 aliphatic rings. The van der Waals surface area contributed by atoms with Gasteiger partial charge in [0.2, 0.25) is 0 Å². The molecule has 18 heavy (non-hydrogen) atoms. The van der Waals surface area contributed by atoms with Crippen LogP contribution < -0.4 is 0 Å². The van der Waals surface area contributed by atoms with Crippen molar-refractivity contribution >= 4 is 5.78 Å². The highest BCUT2D eigenvalue weighted by molar-refractivity contribution is 5.88. The van der Waals surface area contributed by atoms with E-state index in [-0.39, 0.29) is 17.9 Å². The fourth-order valence-electron chi connectivity index (χ4n) is 3.17. The SMILES string of the molecule is CCCCCCCCC[C@@]1(CO)CCC(C)C1=O. The van der Waals surface area contributed by atoms with E-state index in [2.05, 4.69) is 6.92 Å². The van der Waals surface area contributed by atoms with Crippen molar-refractivity contribution in [3.05, 3.63) is 0 Å². The summed E-state index contributed by atoms with van der Waals surface area (Å²) in [5.74, 6) is 0.484. The molecule has 1 aliphatic carbocycles. The van der Waals surface area contributed by atoms with E-state index in [9.17, 15) is 9.90 Å². The number of rotatable bonds is 9. The van der Waals surface area contributed by atoms with Crippen LogP contribution >= 0.6 is 0 Å². The maximum Gasteiger partial charge on any atom is 0.144 e. The molecule has 2 heteroatoms. The number of aliphatic hydroxyl groups excluding tert-OH is 1. The van der Waals surface area contributed by atoms with E-state index in [1.54, 1.807) is 0 Å². The van der Waals surface area contributed by atoms with Crippen molar-refractivity contribution in [3.8, 4) is 0 Å². The molecule has 0 heterocycles. The van der Waals surface area contributed by atoms with Crippen molar-refractivity contribution in [3.63, 3.8) is 0 Å². The minimum atomic E-state index is -0.372. The molecular formula is C16H30O2. The Balaban J connectivity index is 2.19. The maximum absolute atomic E-state index is 12.1. The van der Waals surface area contributed by atoms with Crippen LogP contribution in [0.4, 0.5) is 0 Å². The molecule has 1 N–H and O–H groups in total. The summed E-state index contributed by atoms with van der Waals surface area (Å²) >= 11 is 0. The normalized spacial score (nSPS) is 27.9. The van der Waals surface area contributed by atoms with Gasteiger partial charge in [-0.25, -0.2) is 0 Å². The smallest absolute Gasteiger partial charge is 0.144 e. The second kappa shape index (κ2) is 7.93. The molecule has 1 unspecified atom stereocenters. The highest BCUT2D eigenvalue weighted by Gasteiger charge is 2.44. The molecule has 0 radical (unpaired) electrons. The van der Waals surface area contributed by atoms with E-state index in [0.717, 1.165) is 25.7 Å². The van der Waals surface area contributed by atoms with E-state index in [4.69, 9.17) is 0 Å². The molecule has 0 spiro atoms. The molecule has 106 valence electrons. The summed E-state index contributed by atoms with van der Waals surface area (Å²) in [7, 11) is 0. The van der Waals surface area contributed by atoms with Crippen LogP contribution in [0.15, 0.2) is 0 Å². The van der Waals surface area contributed by atoms with Gasteiger partial charge in [-0.1, -0.05) is 58.8 Å². The predicted molar refractivity (Wildman–Crippen MR) is 75.5 cm³/mol. The summed E-state index contributed by atoms with van der Waals surface area (Å²) in [4.78, 5) is 12.1. The standard InChI is InChI=1S/C16H30O2/c1-3-4-5-6-7-8-9-11-16(13-17)12-10-14(2)15(16)18/h14,17H,3-13H2,1-2H3/t14?,16-/m0/s1. The monoisotopic (exact) mass is 254 g/mol. The van der Waals surface area contributed by atoms with Crippen molar-refractivity contribution < 1.29 is 9.90 Å². The lowest BCUT2D eigenvalue weighted by molar-refractivity contribution is -0.131. The fourth-order valence-corrected chi connectivity index (χ4v) is 3.17. The first kappa shape index (κ1) is 15.7. The van der Waals surface area contributed by atoms with Crippen LogP contribution in [0.25, 0.3) is 0 Å². The molecule has 0 bridgehead atoms. The van der Waals surface area contributed by atoms with Gasteiger partial charge in [-0.3, -0.25) is 4.79 Å². The lowest BCUT2D eigenvalue weighted by Crippen LogP contribution is -2.32. The number of carbonyl (C=O) groups is 1. The second-order valence-electron chi connectivity index (χ2n) is 6.11. The maximum atomic E-state index is 12.1. The number of unbranched alkanes of at least 4 members (excludes halogenated alkanes) is 6. The summed E-state index contributed by atoms with van der Waals surface area (Å²) in [6.45, 7) is 4.30. The topological polar surface area (TPSA) is 37.3 Å². The van der Waals surface area contributed by atoms with Crippen molar-refractivity contribution in [2.45, 2.75) is 78.1 Å². The molecule has 0 aromatic rings. The zero-order chi connectivity index (χ0) is 13.4. The van der Waals surface area contributed by atoms with E-state index >= 15 is 0 Å². The Morgan fingerprint density at radius 3 is 2.28 bits per heavy atom. The van der Waals surface area contributed by atoms with Gasteiger partial charge in [0.25, 0.3) is 0 Å².